The van der Waals surface area contributed by atoms with Gasteiger partial charge in [-0.05, 0) is 54.3 Å². The molecule has 0 saturated heterocycles. The van der Waals surface area contributed by atoms with Gasteiger partial charge in [0.05, 0.1) is 6.33 Å². The van der Waals surface area contributed by atoms with E-state index in [1.807, 2.05) is 48.0 Å². The number of benzene rings is 2. The van der Waals surface area contributed by atoms with Crippen LogP contribution in [0.15, 0.2) is 61.2 Å². The van der Waals surface area contributed by atoms with Gasteiger partial charge in [0, 0.05) is 23.8 Å². The minimum atomic E-state index is -0.184. The number of amides is 1. The zero-order valence-corrected chi connectivity index (χ0v) is 15.3. The predicted molar refractivity (Wildman–Crippen MR) is 103 cm³/mol. The lowest BCUT2D eigenvalue weighted by Crippen LogP contribution is -2.20. The van der Waals surface area contributed by atoms with E-state index in [2.05, 4.69) is 36.3 Å². The Morgan fingerprint density at radius 1 is 1.19 bits per heavy atom. The summed E-state index contributed by atoms with van der Waals surface area (Å²) in [6.07, 6.45) is 5.33. The number of imidazole rings is 1. The van der Waals surface area contributed by atoms with Crippen molar-refractivity contribution in [1.29, 1.82) is 0 Å². The molecule has 5 nitrogen and oxygen atoms in total. The molecule has 3 rings (SSSR count). The third kappa shape index (κ3) is 4.30. The Balaban J connectivity index is 1.60. The summed E-state index contributed by atoms with van der Waals surface area (Å²) in [6, 6.07) is 13.7. The smallest absolute Gasteiger partial charge is 0.262 e. The van der Waals surface area contributed by atoms with Crippen LogP contribution in [-0.4, -0.2) is 22.1 Å². The second kappa shape index (κ2) is 7.87. The molecule has 3 aromatic rings. The second-order valence-corrected chi connectivity index (χ2v) is 6.55. The Morgan fingerprint density at radius 3 is 2.62 bits per heavy atom. The summed E-state index contributed by atoms with van der Waals surface area (Å²) < 4.78 is 7.67. The second-order valence-electron chi connectivity index (χ2n) is 6.55. The van der Waals surface area contributed by atoms with Gasteiger partial charge in [-0.3, -0.25) is 4.79 Å². The number of ether oxygens (including phenoxy) is 1. The summed E-state index contributed by atoms with van der Waals surface area (Å²) in [7, 11) is 0. The van der Waals surface area contributed by atoms with Crippen LogP contribution in [0.5, 0.6) is 5.75 Å². The number of carbonyl (C=O) groups excluding carboxylic acids is 1. The van der Waals surface area contributed by atoms with Crippen LogP contribution in [0.4, 0.5) is 5.69 Å². The summed E-state index contributed by atoms with van der Waals surface area (Å²) >= 11 is 0. The third-order valence-corrected chi connectivity index (χ3v) is 4.10. The number of rotatable bonds is 6. The number of hydrogen-bond donors (Lipinski definition) is 1. The molecular formula is C21H23N3O2. The number of anilines is 1. The van der Waals surface area contributed by atoms with E-state index in [0.717, 1.165) is 28.3 Å². The number of aryl methyl sites for hydroxylation is 1. The predicted octanol–water partition coefficient (Wildman–Crippen LogP) is 4.32. The van der Waals surface area contributed by atoms with Crippen molar-refractivity contribution in [1.82, 2.24) is 9.55 Å². The van der Waals surface area contributed by atoms with Crippen molar-refractivity contribution in [3.8, 4) is 11.4 Å². The minimum absolute atomic E-state index is 0.0214. The molecule has 0 atom stereocenters. The fourth-order valence-corrected chi connectivity index (χ4v) is 2.71. The monoisotopic (exact) mass is 349 g/mol. The number of aromatic nitrogens is 2. The van der Waals surface area contributed by atoms with Crippen LogP contribution >= 0.6 is 0 Å². The van der Waals surface area contributed by atoms with Crippen LogP contribution in [0.1, 0.15) is 30.9 Å². The van der Waals surface area contributed by atoms with Crippen LogP contribution in [-0.2, 0) is 4.79 Å². The molecule has 134 valence electrons. The van der Waals surface area contributed by atoms with E-state index in [4.69, 9.17) is 4.74 Å². The molecule has 0 bridgehead atoms. The molecule has 1 N–H and O–H groups in total. The first kappa shape index (κ1) is 17.7. The summed E-state index contributed by atoms with van der Waals surface area (Å²) in [5.41, 5.74) is 3.93. The Hall–Kier alpha value is -3.08. The van der Waals surface area contributed by atoms with Gasteiger partial charge in [0.2, 0.25) is 0 Å². The maximum absolute atomic E-state index is 12.2. The average molecular weight is 349 g/mol. The topological polar surface area (TPSA) is 56.1 Å². The molecule has 0 saturated carbocycles. The SMILES string of the molecule is Cc1ccc(C(C)C)c(OCC(=O)Nc2ccc(-n3ccnc3)cc2)c1. The van der Waals surface area contributed by atoms with Crippen molar-refractivity contribution < 1.29 is 9.53 Å². The lowest BCUT2D eigenvalue weighted by atomic mass is 10.0. The average Bonchev–Trinajstić information content (AvgIpc) is 3.15. The van der Waals surface area contributed by atoms with Gasteiger partial charge in [-0.25, -0.2) is 4.98 Å². The zero-order valence-electron chi connectivity index (χ0n) is 15.3. The molecule has 26 heavy (non-hydrogen) atoms. The zero-order chi connectivity index (χ0) is 18.5. The van der Waals surface area contributed by atoms with Crippen LogP contribution in [0.25, 0.3) is 5.69 Å². The van der Waals surface area contributed by atoms with E-state index < -0.39 is 0 Å². The largest absolute Gasteiger partial charge is 0.483 e. The molecule has 0 fully saturated rings. The van der Waals surface area contributed by atoms with Crippen molar-refractivity contribution in [3.63, 3.8) is 0 Å². The number of carbonyl (C=O) groups is 1. The van der Waals surface area contributed by atoms with E-state index in [-0.39, 0.29) is 12.5 Å². The fraction of sp³-hybridized carbons (Fsp3) is 0.238. The van der Waals surface area contributed by atoms with Gasteiger partial charge >= 0.3 is 0 Å². The molecule has 5 heteroatoms. The number of nitrogens with one attached hydrogen (secondary N) is 1. The van der Waals surface area contributed by atoms with Crippen molar-refractivity contribution in [3.05, 3.63) is 72.3 Å². The van der Waals surface area contributed by atoms with Gasteiger partial charge in [-0.2, -0.15) is 0 Å². The van der Waals surface area contributed by atoms with Crippen LogP contribution in [0.3, 0.4) is 0 Å². The number of hydrogen-bond acceptors (Lipinski definition) is 3. The molecule has 0 aliphatic rings. The number of nitrogens with zero attached hydrogens (tertiary/aromatic N) is 2. The van der Waals surface area contributed by atoms with Crippen LogP contribution in [0.2, 0.25) is 0 Å². The van der Waals surface area contributed by atoms with E-state index in [9.17, 15) is 4.79 Å². The van der Waals surface area contributed by atoms with Crippen molar-refractivity contribution in [2.45, 2.75) is 26.7 Å². The van der Waals surface area contributed by atoms with Crippen molar-refractivity contribution in [2.24, 2.45) is 0 Å². The molecule has 1 amide bonds. The standard InChI is InChI=1S/C21H23N3O2/c1-15(2)19-9-4-16(3)12-20(19)26-13-21(25)23-17-5-7-18(8-6-17)24-11-10-22-14-24/h4-12,14-15H,13H2,1-3H3,(H,23,25). The van der Waals surface area contributed by atoms with Gasteiger partial charge in [0.1, 0.15) is 5.75 Å². The Labute approximate surface area is 153 Å². The highest BCUT2D eigenvalue weighted by Crippen LogP contribution is 2.27. The highest BCUT2D eigenvalue weighted by atomic mass is 16.5. The van der Waals surface area contributed by atoms with E-state index in [1.165, 1.54) is 0 Å². The molecular weight excluding hydrogens is 326 g/mol. The van der Waals surface area contributed by atoms with Gasteiger partial charge in [-0.15, -0.1) is 0 Å². The third-order valence-electron chi connectivity index (χ3n) is 4.10. The highest BCUT2D eigenvalue weighted by Gasteiger charge is 2.10. The molecule has 0 spiro atoms. The van der Waals surface area contributed by atoms with Crippen LogP contribution in [0, 0.1) is 6.92 Å². The Bertz CT molecular complexity index is 869. The van der Waals surface area contributed by atoms with Gasteiger partial charge in [0.25, 0.3) is 5.91 Å². The first-order valence-electron chi connectivity index (χ1n) is 8.64. The Morgan fingerprint density at radius 2 is 1.96 bits per heavy atom. The first-order chi connectivity index (χ1) is 12.5. The lowest BCUT2D eigenvalue weighted by Gasteiger charge is -2.15. The highest BCUT2D eigenvalue weighted by molar-refractivity contribution is 5.92. The fourth-order valence-electron chi connectivity index (χ4n) is 2.71. The van der Waals surface area contributed by atoms with Crippen LogP contribution < -0.4 is 10.1 Å². The molecule has 0 aliphatic carbocycles. The molecule has 0 radical (unpaired) electrons. The lowest BCUT2D eigenvalue weighted by molar-refractivity contribution is -0.118. The van der Waals surface area contributed by atoms with E-state index >= 15 is 0 Å². The molecule has 0 aliphatic heterocycles. The molecule has 1 aromatic heterocycles. The van der Waals surface area contributed by atoms with Gasteiger partial charge in [0.15, 0.2) is 6.61 Å². The maximum atomic E-state index is 12.2. The summed E-state index contributed by atoms with van der Waals surface area (Å²) in [6.45, 7) is 6.21. The molecule has 2 aromatic carbocycles. The first-order valence-corrected chi connectivity index (χ1v) is 8.64. The van der Waals surface area contributed by atoms with Gasteiger partial charge in [-0.1, -0.05) is 26.0 Å². The quantitative estimate of drug-likeness (QED) is 0.721. The summed E-state index contributed by atoms with van der Waals surface area (Å²) in [5, 5.41) is 2.86. The van der Waals surface area contributed by atoms with E-state index in [0.29, 0.717) is 5.92 Å². The van der Waals surface area contributed by atoms with E-state index in [1.54, 1.807) is 12.5 Å². The van der Waals surface area contributed by atoms with Gasteiger partial charge < -0.3 is 14.6 Å². The molecule has 0 unspecified atom stereocenters. The van der Waals surface area contributed by atoms with Crippen molar-refractivity contribution >= 4 is 11.6 Å². The maximum Gasteiger partial charge on any atom is 0.262 e. The minimum Gasteiger partial charge on any atom is -0.483 e. The van der Waals surface area contributed by atoms with Crippen molar-refractivity contribution in [2.75, 3.05) is 11.9 Å². The normalized spacial score (nSPS) is 10.8. The summed E-state index contributed by atoms with van der Waals surface area (Å²) in [5.74, 6) is 0.923. The summed E-state index contributed by atoms with van der Waals surface area (Å²) in [4.78, 5) is 16.2. The Kier molecular flexibility index (Phi) is 5.37. The molecule has 1 heterocycles.